The predicted molar refractivity (Wildman–Crippen MR) is 72.8 cm³/mol. The normalized spacial score (nSPS) is 22.5. The summed E-state index contributed by atoms with van der Waals surface area (Å²) in [4.78, 5) is 14.3. The van der Waals surface area contributed by atoms with Crippen molar-refractivity contribution in [1.82, 2.24) is 15.1 Å². The van der Waals surface area contributed by atoms with E-state index in [1.54, 1.807) is 0 Å². The Morgan fingerprint density at radius 3 is 2.68 bits per heavy atom. The first-order valence-electron chi connectivity index (χ1n) is 7.25. The Hall–Kier alpha value is -1.36. The van der Waals surface area contributed by atoms with Gasteiger partial charge in [0.2, 0.25) is 0 Å². The van der Waals surface area contributed by atoms with Gasteiger partial charge in [-0.2, -0.15) is 5.10 Å². The molecule has 3 rings (SSSR count). The van der Waals surface area contributed by atoms with Crippen LogP contribution in [-0.4, -0.2) is 40.1 Å². The average molecular weight is 262 g/mol. The van der Waals surface area contributed by atoms with Gasteiger partial charge in [-0.25, -0.2) is 0 Å². The van der Waals surface area contributed by atoms with Crippen molar-refractivity contribution in [3.63, 3.8) is 0 Å². The standard InChI is InChI=1S/C14H22N4O/c1-9(15)10-4-6-18(7-5-10)14(19)13-8-12(16-17-13)11-2-3-11/h8-11H,2-7,15H2,1H3,(H,16,17). The number of likely N-dealkylation sites (tertiary alicyclic amines) is 1. The summed E-state index contributed by atoms with van der Waals surface area (Å²) in [7, 11) is 0. The third-order valence-electron chi connectivity index (χ3n) is 4.40. The van der Waals surface area contributed by atoms with Crippen LogP contribution in [0.3, 0.4) is 0 Å². The van der Waals surface area contributed by atoms with Crippen molar-refractivity contribution in [3.05, 3.63) is 17.5 Å². The number of aromatic nitrogens is 2. The number of nitrogens with one attached hydrogen (secondary N) is 1. The van der Waals surface area contributed by atoms with E-state index in [9.17, 15) is 4.79 Å². The third-order valence-corrected chi connectivity index (χ3v) is 4.40. The van der Waals surface area contributed by atoms with Crippen molar-refractivity contribution in [1.29, 1.82) is 0 Å². The number of nitrogens with zero attached hydrogens (tertiary/aromatic N) is 2. The monoisotopic (exact) mass is 262 g/mol. The zero-order valence-corrected chi connectivity index (χ0v) is 11.4. The van der Waals surface area contributed by atoms with Crippen LogP contribution in [0.5, 0.6) is 0 Å². The second-order valence-electron chi connectivity index (χ2n) is 5.97. The predicted octanol–water partition coefficient (Wildman–Crippen LogP) is 1.49. The number of hydrogen-bond acceptors (Lipinski definition) is 3. The van der Waals surface area contributed by atoms with E-state index in [-0.39, 0.29) is 11.9 Å². The molecule has 1 aromatic rings. The van der Waals surface area contributed by atoms with E-state index in [4.69, 9.17) is 5.73 Å². The highest BCUT2D eigenvalue weighted by Gasteiger charge is 2.29. The lowest BCUT2D eigenvalue weighted by atomic mass is 9.91. The van der Waals surface area contributed by atoms with Gasteiger partial charge in [0.05, 0.1) is 0 Å². The number of aromatic amines is 1. The summed E-state index contributed by atoms with van der Waals surface area (Å²) >= 11 is 0. The molecule has 0 bridgehead atoms. The van der Waals surface area contributed by atoms with E-state index in [0.29, 0.717) is 17.5 Å². The summed E-state index contributed by atoms with van der Waals surface area (Å²) in [5.41, 5.74) is 7.61. The van der Waals surface area contributed by atoms with Crippen LogP contribution in [0.15, 0.2) is 6.07 Å². The first-order chi connectivity index (χ1) is 9.15. The van der Waals surface area contributed by atoms with Crippen LogP contribution in [-0.2, 0) is 0 Å². The average Bonchev–Trinajstić information content (AvgIpc) is 3.16. The van der Waals surface area contributed by atoms with Gasteiger partial charge in [0.25, 0.3) is 5.91 Å². The number of hydrogen-bond donors (Lipinski definition) is 2. The smallest absolute Gasteiger partial charge is 0.274 e. The first-order valence-corrected chi connectivity index (χ1v) is 7.25. The van der Waals surface area contributed by atoms with E-state index in [1.165, 1.54) is 12.8 Å². The van der Waals surface area contributed by atoms with Gasteiger partial charge in [0.1, 0.15) is 5.69 Å². The summed E-state index contributed by atoms with van der Waals surface area (Å²) < 4.78 is 0. The van der Waals surface area contributed by atoms with Crippen LogP contribution in [0, 0.1) is 5.92 Å². The maximum atomic E-state index is 12.3. The fraction of sp³-hybridized carbons (Fsp3) is 0.714. The summed E-state index contributed by atoms with van der Waals surface area (Å²) in [6.45, 7) is 3.66. The zero-order chi connectivity index (χ0) is 13.4. The van der Waals surface area contributed by atoms with Crippen LogP contribution in [0.4, 0.5) is 0 Å². The Kier molecular flexibility index (Phi) is 3.31. The van der Waals surface area contributed by atoms with Gasteiger partial charge in [-0.3, -0.25) is 9.89 Å². The highest BCUT2D eigenvalue weighted by atomic mass is 16.2. The van der Waals surface area contributed by atoms with E-state index in [1.807, 2.05) is 11.0 Å². The molecule has 1 saturated heterocycles. The molecular formula is C14H22N4O. The van der Waals surface area contributed by atoms with Crippen LogP contribution < -0.4 is 5.73 Å². The highest BCUT2D eigenvalue weighted by Crippen LogP contribution is 2.39. The van der Waals surface area contributed by atoms with Crippen LogP contribution in [0.2, 0.25) is 0 Å². The summed E-state index contributed by atoms with van der Waals surface area (Å²) in [6, 6.07) is 2.15. The van der Waals surface area contributed by atoms with Crippen molar-refractivity contribution < 1.29 is 4.79 Å². The Balaban J connectivity index is 1.61. The SMILES string of the molecule is CC(N)C1CCN(C(=O)c2cc(C3CC3)[nH]n2)CC1. The van der Waals surface area contributed by atoms with E-state index in [2.05, 4.69) is 17.1 Å². The molecule has 3 N–H and O–H groups in total. The molecule has 1 saturated carbocycles. The lowest BCUT2D eigenvalue weighted by molar-refractivity contribution is 0.0675. The molecule has 19 heavy (non-hydrogen) atoms. The van der Waals surface area contributed by atoms with Crippen LogP contribution in [0.1, 0.15) is 54.7 Å². The van der Waals surface area contributed by atoms with Gasteiger partial charge in [-0.05, 0) is 44.6 Å². The number of rotatable bonds is 3. The molecule has 1 aliphatic heterocycles. The molecule has 104 valence electrons. The number of nitrogens with two attached hydrogens (primary N) is 1. The van der Waals surface area contributed by atoms with Gasteiger partial charge in [-0.1, -0.05) is 0 Å². The lowest BCUT2D eigenvalue weighted by Gasteiger charge is -2.33. The van der Waals surface area contributed by atoms with E-state index >= 15 is 0 Å². The summed E-state index contributed by atoms with van der Waals surface area (Å²) in [5, 5.41) is 7.16. The Morgan fingerprint density at radius 1 is 1.42 bits per heavy atom. The molecule has 0 spiro atoms. The fourth-order valence-electron chi connectivity index (χ4n) is 2.84. The molecular weight excluding hydrogens is 240 g/mol. The topological polar surface area (TPSA) is 75.0 Å². The molecule has 1 atom stereocenters. The lowest BCUT2D eigenvalue weighted by Crippen LogP contribution is -2.42. The molecule has 1 aromatic heterocycles. The molecule has 1 amide bonds. The van der Waals surface area contributed by atoms with Gasteiger partial charge in [0, 0.05) is 30.7 Å². The van der Waals surface area contributed by atoms with Gasteiger partial charge in [0.15, 0.2) is 0 Å². The molecule has 5 heteroatoms. The quantitative estimate of drug-likeness (QED) is 0.866. The summed E-state index contributed by atoms with van der Waals surface area (Å²) in [5.74, 6) is 1.22. The number of piperidine rings is 1. The largest absolute Gasteiger partial charge is 0.337 e. The number of H-pyrrole nitrogens is 1. The maximum Gasteiger partial charge on any atom is 0.274 e. The highest BCUT2D eigenvalue weighted by molar-refractivity contribution is 5.92. The molecule has 1 aliphatic carbocycles. The van der Waals surface area contributed by atoms with Crippen molar-refractivity contribution in [2.24, 2.45) is 11.7 Å². The van der Waals surface area contributed by atoms with Gasteiger partial charge in [-0.15, -0.1) is 0 Å². The molecule has 1 unspecified atom stereocenters. The molecule has 2 aliphatic rings. The molecule has 2 fully saturated rings. The second kappa shape index (κ2) is 4.96. The third kappa shape index (κ3) is 2.66. The number of carbonyl (C=O) groups excluding carboxylic acids is 1. The molecule has 5 nitrogen and oxygen atoms in total. The van der Waals surface area contributed by atoms with Crippen molar-refractivity contribution in [2.45, 2.75) is 44.6 Å². The van der Waals surface area contributed by atoms with Crippen molar-refractivity contribution >= 4 is 5.91 Å². The second-order valence-corrected chi connectivity index (χ2v) is 5.97. The zero-order valence-electron chi connectivity index (χ0n) is 11.4. The Labute approximate surface area is 113 Å². The Morgan fingerprint density at radius 2 is 2.11 bits per heavy atom. The molecule has 0 radical (unpaired) electrons. The maximum absolute atomic E-state index is 12.3. The summed E-state index contributed by atoms with van der Waals surface area (Å²) in [6.07, 6.45) is 4.44. The minimum absolute atomic E-state index is 0.0614. The van der Waals surface area contributed by atoms with Crippen LogP contribution >= 0.6 is 0 Å². The van der Waals surface area contributed by atoms with Gasteiger partial charge >= 0.3 is 0 Å². The number of carbonyl (C=O) groups is 1. The van der Waals surface area contributed by atoms with E-state index < -0.39 is 0 Å². The number of amides is 1. The molecule has 2 heterocycles. The minimum Gasteiger partial charge on any atom is -0.337 e. The van der Waals surface area contributed by atoms with Crippen LogP contribution in [0.25, 0.3) is 0 Å². The van der Waals surface area contributed by atoms with E-state index in [0.717, 1.165) is 31.6 Å². The minimum atomic E-state index is 0.0614. The first kappa shape index (κ1) is 12.7. The van der Waals surface area contributed by atoms with Crippen molar-refractivity contribution in [2.75, 3.05) is 13.1 Å². The van der Waals surface area contributed by atoms with Crippen molar-refractivity contribution in [3.8, 4) is 0 Å². The van der Waals surface area contributed by atoms with Gasteiger partial charge < -0.3 is 10.6 Å². The fourth-order valence-corrected chi connectivity index (χ4v) is 2.84. The Bertz CT molecular complexity index is 456. The molecule has 0 aromatic carbocycles.